The maximum Gasteiger partial charge on any atom is 0.270 e. The van der Waals surface area contributed by atoms with Gasteiger partial charge in [-0.2, -0.15) is 0 Å². The van der Waals surface area contributed by atoms with Crippen LogP contribution in [0.4, 0.5) is 5.69 Å². The number of rotatable bonds is 8. The van der Waals surface area contributed by atoms with Gasteiger partial charge in [-0.25, -0.2) is 0 Å². The summed E-state index contributed by atoms with van der Waals surface area (Å²) < 4.78 is 17.1. The molecule has 1 aliphatic rings. The number of hydrogen-bond donors (Lipinski definition) is 1. The number of carbonyl (C=O) groups is 1. The summed E-state index contributed by atoms with van der Waals surface area (Å²) in [7, 11) is 1.57. The van der Waals surface area contributed by atoms with Gasteiger partial charge in [0.05, 0.1) is 16.9 Å². The van der Waals surface area contributed by atoms with Crippen LogP contribution in [-0.4, -0.2) is 35.5 Å². The highest BCUT2D eigenvalue weighted by Crippen LogP contribution is 2.32. The monoisotopic (exact) mass is 446 g/mol. The Hall–Kier alpha value is -3.11. The summed E-state index contributed by atoms with van der Waals surface area (Å²) in [5.74, 6) is 1.25. The van der Waals surface area contributed by atoms with Crippen molar-refractivity contribution in [2.24, 2.45) is 0 Å². The molecule has 1 heterocycles. The molecule has 0 aromatic heterocycles. The molecule has 30 heavy (non-hydrogen) atoms. The molecule has 8 nitrogen and oxygen atoms in total. The molecule has 156 valence electrons. The number of benzene rings is 2. The first-order chi connectivity index (χ1) is 14.4. The first kappa shape index (κ1) is 21.6. The third-order valence-electron chi connectivity index (χ3n) is 4.05. The summed E-state index contributed by atoms with van der Waals surface area (Å²) in [5, 5.41) is 13.6. The lowest BCUT2D eigenvalue weighted by atomic mass is 10.1. The molecule has 0 bridgehead atoms. The topological polar surface area (TPSA) is 99.9 Å². The summed E-state index contributed by atoms with van der Waals surface area (Å²) >= 11 is 6.06. The van der Waals surface area contributed by atoms with Crippen molar-refractivity contribution in [2.45, 2.75) is 6.92 Å². The van der Waals surface area contributed by atoms with E-state index in [1.165, 1.54) is 24.3 Å². The summed E-state index contributed by atoms with van der Waals surface area (Å²) in [6.45, 7) is 2.37. The van der Waals surface area contributed by atoms with Gasteiger partial charge in [-0.1, -0.05) is 30.0 Å². The number of nitrogens with zero attached hydrogens (tertiary/aromatic N) is 1. The van der Waals surface area contributed by atoms with Crippen molar-refractivity contribution < 1.29 is 23.9 Å². The van der Waals surface area contributed by atoms with Gasteiger partial charge < -0.3 is 19.5 Å². The van der Waals surface area contributed by atoms with Crippen LogP contribution in [0.3, 0.4) is 0 Å². The van der Waals surface area contributed by atoms with E-state index < -0.39 is 4.92 Å². The van der Waals surface area contributed by atoms with Gasteiger partial charge in [-0.05, 0) is 36.8 Å². The number of amides is 1. The van der Waals surface area contributed by atoms with Crippen LogP contribution in [-0.2, 0) is 4.79 Å². The minimum atomic E-state index is -0.509. The van der Waals surface area contributed by atoms with Crippen LogP contribution in [0.5, 0.6) is 17.2 Å². The highest BCUT2D eigenvalue weighted by Gasteiger charge is 2.23. The minimum Gasteiger partial charge on any atom is -0.493 e. The Morgan fingerprint density at radius 1 is 1.13 bits per heavy atom. The normalized spacial score (nSPS) is 14.5. The number of non-ortho nitro benzene ring substituents is 1. The van der Waals surface area contributed by atoms with E-state index in [2.05, 4.69) is 5.32 Å². The van der Waals surface area contributed by atoms with Gasteiger partial charge in [0.1, 0.15) is 23.3 Å². The Bertz CT molecular complexity index is 1040. The fourth-order valence-electron chi connectivity index (χ4n) is 2.65. The molecule has 2 aromatic carbocycles. The molecule has 0 unspecified atom stereocenters. The van der Waals surface area contributed by atoms with Crippen LogP contribution in [0.15, 0.2) is 41.3 Å². The molecular formula is C20H18N2O6S2. The molecule has 1 amide bonds. The first-order valence-electron chi connectivity index (χ1n) is 8.81. The molecule has 0 radical (unpaired) electrons. The minimum absolute atomic E-state index is 0.110. The molecule has 3 rings (SSSR count). The zero-order valence-corrected chi connectivity index (χ0v) is 17.8. The van der Waals surface area contributed by atoms with Crippen LogP contribution in [0.25, 0.3) is 6.08 Å². The summed E-state index contributed by atoms with van der Waals surface area (Å²) in [6, 6.07) is 9.77. The molecular weight excluding hydrogens is 428 g/mol. The van der Waals surface area contributed by atoms with E-state index in [1.807, 2.05) is 25.1 Å². The number of carbonyl (C=O) groups excluding carboxylic acids is 1. The van der Waals surface area contributed by atoms with Crippen molar-refractivity contribution in [1.29, 1.82) is 0 Å². The first-order valence-corrected chi connectivity index (χ1v) is 10.0. The molecule has 10 heteroatoms. The second-order valence-corrected chi connectivity index (χ2v) is 7.90. The standard InChI is InChI=1S/C20H18N2O6S2/c1-12-3-5-16(17(9-12)26-2)28-8-7-27-15-6-4-14(22(24)25)10-13(15)11-18-19(23)21-20(29)30-18/h3-6,9-11H,7-8H2,1-2H3,(H,21,23,29)/b18-11-. The number of thioether (sulfide) groups is 1. The van der Waals surface area contributed by atoms with Gasteiger partial charge in [-0.15, -0.1) is 0 Å². The third-order valence-corrected chi connectivity index (χ3v) is 5.21. The van der Waals surface area contributed by atoms with E-state index in [-0.39, 0.29) is 24.8 Å². The largest absolute Gasteiger partial charge is 0.493 e. The number of nitrogens with one attached hydrogen (secondary N) is 1. The average molecular weight is 447 g/mol. The van der Waals surface area contributed by atoms with Crippen molar-refractivity contribution >= 4 is 46.0 Å². The highest BCUT2D eigenvalue weighted by molar-refractivity contribution is 8.26. The SMILES string of the molecule is COc1cc(C)ccc1OCCOc1ccc([N+](=O)[O-])cc1/C=C1\SC(=S)NC1=O. The van der Waals surface area contributed by atoms with Gasteiger partial charge in [0.15, 0.2) is 11.5 Å². The Balaban J connectivity index is 1.72. The Morgan fingerprint density at radius 2 is 1.83 bits per heavy atom. The van der Waals surface area contributed by atoms with Crippen molar-refractivity contribution in [1.82, 2.24) is 5.32 Å². The van der Waals surface area contributed by atoms with Crippen molar-refractivity contribution in [3.63, 3.8) is 0 Å². The second kappa shape index (κ2) is 9.59. The van der Waals surface area contributed by atoms with E-state index in [0.29, 0.717) is 32.0 Å². The Kier molecular flexibility index (Phi) is 6.91. The molecule has 2 aromatic rings. The smallest absolute Gasteiger partial charge is 0.270 e. The summed E-state index contributed by atoms with van der Waals surface area (Å²) in [6.07, 6.45) is 1.52. The number of thiocarbonyl (C=S) groups is 1. The maximum atomic E-state index is 11.9. The number of nitro benzene ring substituents is 1. The molecule has 1 saturated heterocycles. The average Bonchev–Trinajstić information content (AvgIpc) is 3.03. The molecule has 0 saturated carbocycles. The van der Waals surface area contributed by atoms with Gasteiger partial charge in [-0.3, -0.25) is 14.9 Å². The molecule has 1 fully saturated rings. The Morgan fingerprint density at radius 3 is 2.47 bits per heavy atom. The predicted molar refractivity (Wildman–Crippen MR) is 118 cm³/mol. The van der Waals surface area contributed by atoms with Crippen LogP contribution < -0.4 is 19.5 Å². The van der Waals surface area contributed by atoms with Crippen LogP contribution in [0.1, 0.15) is 11.1 Å². The Labute approximate surface area is 182 Å². The summed E-state index contributed by atoms with van der Waals surface area (Å²) in [4.78, 5) is 22.9. The predicted octanol–water partition coefficient (Wildman–Crippen LogP) is 3.86. The number of hydrogen-bond acceptors (Lipinski definition) is 8. The van der Waals surface area contributed by atoms with Crippen molar-refractivity contribution in [3.8, 4) is 17.2 Å². The second-order valence-electron chi connectivity index (χ2n) is 6.18. The lowest BCUT2D eigenvalue weighted by Crippen LogP contribution is -2.17. The van der Waals surface area contributed by atoms with Gasteiger partial charge in [0, 0.05) is 17.7 Å². The van der Waals surface area contributed by atoms with Gasteiger partial charge in [0.2, 0.25) is 0 Å². The van der Waals surface area contributed by atoms with E-state index in [0.717, 1.165) is 17.3 Å². The fraction of sp³-hybridized carbons (Fsp3) is 0.200. The number of nitro groups is 1. The molecule has 0 aliphatic carbocycles. The lowest BCUT2D eigenvalue weighted by molar-refractivity contribution is -0.384. The van der Waals surface area contributed by atoms with E-state index in [9.17, 15) is 14.9 Å². The van der Waals surface area contributed by atoms with Crippen molar-refractivity contribution in [2.75, 3.05) is 20.3 Å². The molecule has 0 spiro atoms. The number of methoxy groups -OCH3 is 1. The van der Waals surface area contributed by atoms with Crippen LogP contribution in [0, 0.1) is 17.0 Å². The quantitative estimate of drug-likeness (QED) is 0.215. The number of ether oxygens (including phenoxy) is 3. The van der Waals surface area contributed by atoms with E-state index >= 15 is 0 Å². The molecule has 1 aliphatic heterocycles. The van der Waals surface area contributed by atoms with E-state index in [4.69, 9.17) is 26.4 Å². The van der Waals surface area contributed by atoms with Gasteiger partial charge in [0.25, 0.3) is 11.6 Å². The van der Waals surface area contributed by atoms with Crippen molar-refractivity contribution in [3.05, 3.63) is 62.5 Å². The van der Waals surface area contributed by atoms with Gasteiger partial charge >= 0.3 is 0 Å². The lowest BCUT2D eigenvalue weighted by Gasteiger charge is -2.13. The third kappa shape index (κ3) is 5.28. The molecule has 0 atom stereocenters. The van der Waals surface area contributed by atoms with Crippen LogP contribution in [0.2, 0.25) is 0 Å². The zero-order chi connectivity index (χ0) is 21.7. The molecule has 1 N–H and O–H groups in total. The van der Waals surface area contributed by atoms with E-state index in [1.54, 1.807) is 7.11 Å². The fourth-order valence-corrected chi connectivity index (χ4v) is 3.69. The number of aryl methyl sites for hydroxylation is 1. The highest BCUT2D eigenvalue weighted by atomic mass is 32.2. The summed E-state index contributed by atoms with van der Waals surface area (Å²) in [5.41, 5.74) is 1.34. The zero-order valence-electron chi connectivity index (χ0n) is 16.2. The van der Waals surface area contributed by atoms with Crippen LogP contribution >= 0.6 is 24.0 Å². The maximum absolute atomic E-state index is 11.9.